The summed E-state index contributed by atoms with van der Waals surface area (Å²) in [5, 5.41) is 3.16. The van der Waals surface area contributed by atoms with Crippen molar-refractivity contribution in [1.82, 2.24) is 5.32 Å². The van der Waals surface area contributed by atoms with Crippen LogP contribution in [0.4, 0.5) is 4.39 Å². The third-order valence-corrected chi connectivity index (χ3v) is 3.62. The number of Topliss-reactive ketones (excluding diaryl/α,β-unsaturated/α-hetero) is 1. The number of ketones is 1. The number of hydrogen-bond acceptors (Lipinski definition) is 3. The van der Waals surface area contributed by atoms with Gasteiger partial charge in [0.2, 0.25) is 0 Å². The van der Waals surface area contributed by atoms with Gasteiger partial charge in [-0.2, -0.15) is 0 Å². The minimum Gasteiger partial charge on any atom is -0.501 e. The molecular weight excluding hydrogens is 305 g/mol. The second kappa shape index (κ2) is 9.71. The Morgan fingerprint density at radius 3 is 2.46 bits per heavy atom. The summed E-state index contributed by atoms with van der Waals surface area (Å²) in [6, 6.07) is 6.59. The lowest BCUT2D eigenvalue weighted by atomic mass is 9.98. The number of ether oxygens (including phenoxy) is 1. The molecular formula is C20H26FNO2. The van der Waals surface area contributed by atoms with E-state index in [1.54, 1.807) is 25.3 Å². The van der Waals surface area contributed by atoms with Gasteiger partial charge in [0.25, 0.3) is 0 Å². The molecule has 0 aromatic heterocycles. The van der Waals surface area contributed by atoms with Crippen molar-refractivity contribution < 1.29 is 13.9 Å². The van der Waals surface area contributed by atoms with Gasteiger partial charge in [-0.3, -0.25) is 4.79 Å². The predicted molar refractivity (Wildman–Crippen MR) is 95.8 cm³/mol. The maximum atomic E-state index is 13.7. The fraction of sp³-hybridized carbons (Fsp3) is 0.350. The first-order valence-electron chi connectivity index (χ1n) is 8.02. The maximum Gasteiger partial charge on any atom is 0.162 e. The van der Waals surface area contributed by atoms with E-state index in [1.165, 1.54) is 13.0 Å². The van der Waals surface area contributed by atoms with Crippen molar-refractivity contribution in [2.75, 3.05) is 7.11 Å². The minimum atomic E-state index is -0.262. The number of hydrogen-bond donors (Lipinski definition) is 1. The minimum absolute atomic E-state index is 0.0478. The number of nitrogens with one attached hydrogen (secondary N) is 1. The van der Waals surface area contributed by atoms with E-state index in [4.69, 9.17) is 4.74 Å². The number of rotatable bonds is 8. The number of carbonyl (C=O) groups is 1. The van der Waals surface area contributed by atoms with E-state index >= 15 is 0 Å². The third kappa shape index (κ3) is 5.69. The molecule has 24 heavy (non-hydrogen) atoms. The summed E-state index contributed by atoms with van der Waals surface area (Å²) < 4.78 is 18.9. The second-order valence-electron chi connectivity index (χ2n) is 5.53. The maximum absolute atomic E-state index is 13.7. The first-order valence-corrected chi connectivity index (χ1v) is 8.02. The standard InChI is InChI=1S/C20H26FNO2/c1-6-9-17(12-14(2)24-5)20(16(4)23)15(3)22-13-18-10-7-8-11-19(18)21/h7-12,22H,6,13H2,1-5H3/b14-12+,17-9+,20-15+. The van der Waals surface area contributed by atoms with Crippen molar-refractivity contribution in [3.8, 4) is 0 Å². The number of allylic oxidation sites excluding steroid dienone is 6. The Balaban J connectivity index is 3.15. The SMILES string of the molecule is CC/C=C(\C=C(/C)OC)C(/C(C)=O)=C(\C)NCc1ccccc1F. The van der Waals surface area contributed by atoms with Crippen molar-refractivity contribution in [1.29, 1.82) is 0 Å². The van der Waals surface area contributed by atoms with Crippen LogP contribution in [0.2, 0.25) is 0 Å². The van der Waals surface area contributed by atoms with Gasteiger partial charge in [0.1, 0.15) is 5.82 Å². The fourth-order valence-electron chi connectivity index (χ4n) is 2.37. The largest absolute Gasteiger partial charge is 0.501 e. The number of methoxy groups -OCH3 is 1. The summed E-state index contributed by atoms with van der Waals surface area (Å²) in [5.74, 6) is 0.408. The summed E-state index contributed by atoms with van der Waals surface area (Å²) in [6.45, 7) is 7.53. The molecule has 1 aromatic carbocycles. The first kappa shape index (κ1) is 19.7. The quantitative estimate of drug-likeness (QED) is 0.427. The van der Waals surface area contributed by atoms with Crippen LogP contribution >= 0.6 is 0 Å². The molecule has 0 atom stereocenters. The Hall–Kier alpha value is -2.36. The molecule has 1 aromatic rings. The number of benzene rings is 1. The van der Waals surface area contributed by atoms with Crippen LogP contribution in [0.3, 0.4) is 0 Å². The molecule has 130 valence electrons. The lowest BCUT2D eigenvalue weighted by Gasteiger charge is -2.14. The highest BCUT2D eigenvalue weighted by molar-refractivity contribution is 5.99. The molecule has 0 spiro atoms. The van der Waals surface area contributed by atoms with Gasteiger partial charge in [0.05, 0.1) is 12.9 Å². The third-order valence-electron chi connectivity index (χ3n) is 3.62. The van der Waals surface area contributed by atoms with Crippen LogP contribution in [0.5, 0.6) is 0 Å². The number of carbonyl (C=O) groups excluding carboxylic acids is 1. The Morgan fingerprint density at radius 2 is 1.92 bits per heavy atom. The average Bonchev–Trinajstić information content (AvgIpc) is 2.54. The van der Waals surface area contributed by atoms with Gasteiger partial charge in [-0.15, -0.1) is 0 Å². The van der Waals surface area contributed by atoms with Crippen LogP contribution in [-0.4, -0.2) is 12.9 Å². The zero-order chi connectivity index (χ0) is 18.1. The summed E-state index contributed by atoms with van der Waals surface area (Å²) in [6.07, 6.45) is 4.61. The average molecular weight is 331 g/mol. The van der Waals surface area contributed by atoms with Gasteiger partial charge in [-0.05, 0) is 44.9 Å². The molecule has 0 aliphatic rings. The van der Waals surface area contributed by atoms with Crippen LogP contribution < -0.4 is 5.32 Å². The van der Waals surface area contributed by atoms with Crippen molar-refractivity contribution in [3.05, 3.63) is 70.4 Å². The molecule has 0 unspecified atom stereocenters. The zero-order valence-corrected chi connectivity index (χ0v) is 15.1. The van der Waals surface area contributed by atoms with Gasteiger partial charge in [0, 0.05) is 23.4 Å². The zero-order valence-electron chi connectivity index (χ0n) is 15.1. The second-order valence-corrected chi connectivity index (χ2v) is 5.53. The van der Waals surface area contributed by atoms with Crippen molar-refractivity contribution in [3.63, 3.8) is 0 Å². The molecule has 3 nitrogen and oxygen atoms in total. The van der Waals surface area contributed by atoms with Gasteiger partial charge in [-0.25, -0.2) is 4.39 Å². The molecule has 0 aliphatic heterocycles. The summed E-state index contributed by atoms with van der Waals surface area (Å²) >= 11 is 0. The van der Waals surface area contributed by atoms with Gasteiger partial charge in [0.15, 0.2) is 5.78 Å². The van der Waals surface area contributed by atoms with Crippen molar-refractivity contribution >= 4 is 5.78 Å². The van der Waals surface area contributed by atoms with E-state index < -0.39 is 0 Å². The monoisotopic (exact) mass is 331 g/mol. The van der Waals surface area contributed by atoms with Crippen LogP contribution in [-0.2, 0) is 16.1 Å². The van der Waals surface area contributed by atoms with E-state index in [0.29, 0.717) is 23.4 Å². The number of halogens is 1. The van der Waals surface area contributed by atoms with Crippen molar-refractivity contribution in [2.24, 2.45) is 0 Å². The van der Waals surface area contributed by atoms with Gasteiger partial charge in [-0.1, -0.05) is 31.2 Å². The van der Waals surface area contributed by atoms with E-state index in [2.05, 4.69) is 5.32 Å². The van der Waals surface area contributed by atoms with Gasteiger partial charge < -0.3 is 10.1 Å². The van der Waals surface area contributed by atoms with E-state index in [-0.39, 0.29) is 11.6 Å². The van der Waals surface area contributed by atoms with Crippen molar-refractivity contribution in [2.45, 2.75) is 40.7 Å². The molecule has 4 heteroatoms. The molecule has 0 amide bonds. The summed E-state index contributed by atoms with van der Waals surface area (Å²) in [5.41, 5.74) is 2.67. The Labute approximate surface area is 143 Å². The van der Waals surface area contributed by atoms with Crippen LogP contribution in [0.1, 0.15) is 39.7 Å². The highest BCUT2D eigenvalue weighted by Gasteiger charge is 2.13. The Kier molecular flexibility index (Phi) is 7.96. The molecule has 0 bridgehead atoms. The molecule has 0 saturated carbocycles. The molecule has 0 radical (unpaired) electrons. The topological polar surface area (TPSA) is 38.3 Å². The molecule has 0 aliphatic carbocycles. The van der Waals surface area contributed by atoms with Gasteiger partial charge >= 0.3 is 0 Å². The predicted octanol–water partition coefficient (Wildman–Crippen LogP) is 4.66. The summed E-state index contributed by atoms with van der Waals surface area (Å²) in [7, 11) is 1.59. The molecule has 0 fully saturated rings. The molecule has 1 N–H and O–H groups in total. The fourth-order valence-corrected chi connectivity index (χ4v) is 2.37. The van der Waals surface area contributed by atoms with Crippen LogP contribution in [0.25, 0.3) is 0 Å². The Bertz CT molecular complexity index is 672. The lowest BCUT2D eigenvalue weighted by Crippen LogP contribution is -2.17. The smallest absolute Gasteiger partial charge is 0.162 e. The highest BCUT2D eigenvalue weighted by atomic mass is 19.1. The Morgan fingerprint density at radius 1 is 1.25 bits per heavy atom. The highest BCUT2D eigenvalue weighted by Crippen LogP contribution is 2.20. The van der Waals surface area contributed by atoms with Crippen LogP contribution in [0, 0.1) is 5.82 Å². The first-order chi connectivity index (χ1) is 11.4. The molecule has 1 rings (SSSR count). The van der Waals surface area contributed by atoms with E-state index in [9.17, 15) is 9.18 Å². The van der Waals surface area contributed by atoms with E-state index in [1.807, 2.05) is 32.9 Å². The lowest BCUT2D eigenvalue weighted by molar-refractivity contribution is -0.113. The van der Waals surface area contributed by atoms with Crippen LogP contribution in [0.15, 0.2) is 59.0 Å². The molecule has 0 heterocycles. The normalized spacial score (nSPS) is 13.4. The summed E-state index contributed by atoms with van der Waals surface area (Å²) in [4.78, 5) is 12.2. The molecule has 0 saturated heterocycles. The van der Waals surface area contributed by atoms with E-state index in [0.717, 1.165) is 17.8 Å².